The summed E-state index contributed by atoms with van der Waals surface area (Å²) in [5, 5.41) is 0. The number of nitrogens with two attached hydrogens (primary N) is 1. The van der Waals surface area contributed by atoms with Crippen molar-refractivity contribution in [3.8, 4) is 5.75 Å². The van der Waals surface area contributed by atoms with Gasteiger partial charge in [-0.25, -0.2) is 0 Å². The molecule has 0 spiro atoms. The molecule has 0 bridgehead atoms. The molecule has 11 heavy (non-hydrogen) atoms. The second kappa shape index (κ2) is 2.51. The topological polar surface area (TPSA) is 48.1 Å². The van der Waals surface area contributed by atoms with Gasteiger partial charge in [0.05, 0.1) is 12.8 Å². The Kier molecular flexibility index (Phi) is 1.51. The number of hydrogen-bond acceptors (Lipinski definition) is 3. The lowest BCUT2D eigenvalue weighted by Gasteiger charge is -2.01. The molecule has 0 saturated heterocycles. The molecule has 3 nitrogen and oxygen atoms in total. The highest BCUT2D eigenvalue weighted by molar-refractivity contribution is 5.36. The predicted molar refractivity (Wildman–Crippen MR) is 41.5 cm³/mol. The second-order valence-electron chi connectivity index (χ2n) is 2.66. The van der Waals surface area contributed by atoms with Crippen molar-refractivity contribution in [2.24, 2.45) is 5.73 Å². The van der Waals surface area contributed by atoms with Crippen LogP contribution in [0, 0.1) is 0 Å². The van der Waals surface area contributed by atoms with Gasteiger partial charge in [0.25, 0.3) is 0 Å². The summed E-state index contributed by atoms with van der Waals surface area (Å²) in [4.78, 5) is 3.96. The van der Waals surface area contributed by atoms with E-state index in [1.54, 1.807) is 12.4 Å². The Labute approximate surface area is 65.2 Å². The minimum absolute atomic E-state index is 0.369. The number of fused-ring (bicyclic) bond motifs is 1. The average Bonchev–Trinajstić information content (AvgIpc) is 2.47. The van der Waals surface area contributed by atoms with E-state index in [4.69, 9.17) is 10.5 Å². The number of hydrogen-bond donors (Lipinski definition) is 1. The maximum Gasteiger partial charge on any atom is 0.141 e. The summed E-state index contributed by atoms with van der Waals surface area (Å²) in [6, 6.07) is 1.97. The number of ether oxygens (including phenoxy) is 1. The molecule has 3 heteroatoms. The van der Waals surface area contributed by atoms with Gasteiger partial charge in [-0.1, -0.05) is 0 Å². The van der Waals surface area contributed by atoms with Crippen LogP contribution in [0.4, 0.5) is 0 Å². The molecule has 1 aromatic rings. The van der Waals surface area contributed by atoms with Crippen molar-refractivity contribution < 1.29 is 4.74 Å². The summed E-state index contributed by atoms with van der Waals surface area (Å²) < 4.78 is 5.36. The Morgan fingerprint density at radius 3 is 3.45 bits per heavy atom. The number of aromatic nitrogens is 1. The average molecular weight is 150 g/mol. The summed E-state index contributed by atoms with van der Waals surface area (Å²) in [5.74, 6) is 1.26. The molecule has 0 fully saturated rings. The third-order valence-corrected chi connectivity index (χ3v) is 1.98. The first-order valence-corrected chi connectivity index (χ1v) is 3.68. The Morgan fingerprint density at radius 1 is 1.73 bits per heavy atom. The number of pyridine rings is 1. The third kappa shape index (κ3) is 0.973. The van der Waals surface area contributed by atoms with Gasteiger partial charge in [-0.15, -0.1) is 0 Å². The zero-order valence-corrected chi connectivity index (χ0v) is 6.16. The van der Waals surface area contributed by atoms with Gasteiger partial charge in [0.15, 0.2) is 0 Å². The zero-order chi connectivity index (χ0) is 7.68. The molecular formula is C8H10N2O. The molecule has 1 aliphatic heterocycles. The van der Waals surface area contributed by atoms with Crippen molar-refractivity contribution in [2.75, 3.05) is 13.2 Å². The Hall–Kier alpha value is -1.09. The van der Waals surface area contributed by atoms with Crippen LogP contribution in [0.25, 0.3) is 0 Å². The summed E-state index contributed by atoms with van der Waals surface area (Å²) in [6.07, 6.45) is 3.52. The highest BCUT2D eigenvalue weighted by Gasteiger charge is 2.21. The quantitative estimate of drug-likeness (QED) is 0.634. The van der Waals surface area contributed by atoms with Crippen LogP contribution < -0.4 is 10.5 Å². The SMILES string of the molecule is NC[C@H]1COc2cnccc21. The summed E-state index contributed by atoms with van der Waals surface area (Å²) >= 11 is 0. The van der Waals surface area contributed by atoms with Gasteiger partial charge >= 0.3 is 0 Å². The van der Waals surface area contributed by atoms with Gasteiger partial charge in [0.2, 0.25) is 0 Å². The van der Waals surface area contributed by atoms with Gasteiger partial charge in [-0.05, 0) is 6.07 Å². The van der Waals surface area contributed by atoms with Crippen molar-refractivity contribution in [1.82, 2.24) is 4.98 Å². The Balaban J connectivity index is 2.39. The molecule has 0 unspecified atom stereocenters. The standard InChI is InChI=1S/C8H10N2O/c9-3-6-5-11-8-4-10-2-1-7(6)8/h1-2,4,6H,3,5,9H2/t6-/m0/s1. The maximum atomic E-state index is 5.55. The van der Waals surface area contributed by atoms with E-state index in [0.29, 0.717) is 19.1 Å². The minimum Gasteiger partial charge on any atom is -0.491 e. The summed E-state index contributed by atoms with van der Waals surface area (Å²) in [7, 11) is 0. The van der Waals surface area contributed by atoms with Gasteiger partial charge in [0, 0.05) is 24.2 Å². The molecule has 1 aliphatic rings. The Morgan fingerprint density at radius 2 is 2.64 bits per heavy atom. The van der Waals surface area contributed by atoms with Crippen LogP contribution in [0.3, 0.4) is 0 Å². The normalized spacial score (nSPS) is 21.0. The molecule has 0 radical (unpaired) electrons. The smallest absolute Gasteiger partial charge is 0.141 e. The minimum atomic E-state index is 0.369. The largest absolute Gasteiger partial charge is 0.491 e. The molecule has 58 valence electrons. The third-order valence-electron chi connectivity index (χ3n) is 1.98. The molecule has 1 aromatic heterocycles. The van der Waals surface area contributed by atoms with E-state index in [9.17, 15) is 0 Å². The molecule has 2 N–H and O–H groups in total. The van der Waals surface area contributed by atoms with Gasteiger partial charge < -0.3 is 10.5 Å². The number of rotatable bonds is 1. The molecule has 0 saturated carbocycles. The van der Waals surface area contributed by atoms with E-state index in [-0.39, 0.29) is 0 Å². The van der Waals surface area contributed by atoms with E-state index in [1.165, 1.54) is 5.56 Å². The molecule has 0 aromatic carbocycles. The van der Waals surface area contributed by atoms with E-state index < -0.39 is 0 Å². The van der Waals surface area contributed by atoms with Gasteiger partial charge in [0.1, 0.15) is 5.75 Å². The molecule has 0 aliphatic carbocycles. The molecule has 1 atom stereocenters. The monoisotopic (exact) mass is 150 g/mol. The van der Waals surface area contributed by atoms with Crippen LogP contribution in [-0.2, 0) is 0 Å². The van der Waals surface area contributed by atoms with Gasteiger partial charge in [-0.3, -0.25) is 4.98 Å². The fraction of sp³-hybridized carbons (Fsp3) is 0.375. The lowest BCUT2D eigenvalue weighted by molar-refractivity contribution is 0.332. The van der Waals surface area contributed by atoms with Crippen molar-refractivity contribution in [2.45, 2.75) is 5.92 Å². The fourth-order valence-corrected chi connectivity index (χ4v) is 1.32. The molecule has 0 amide bonds. The first-order valence-electron chi connectivity index (χ1n) is 3.68. The first-order chi connectivity index (χ1) is 5.42. The lowest BCUT2D eigenvalue weighted by Crippen LogP contribution is -2.13. The second-order valence-corrected chi connectivity index (χ2v) is 2.66. The molecular weight excluding hydrogens is 140 g/mol. The van der Waals surface area contributed by atoms with Crippen LogP contribution in [0.2, 0.25) is 0 Å². The zero-order valence-electron chi connectivity index (χ0n) is 6.16. The van der Waals surface area contributed by atoms with Crippen molar-refractivity contribution >= 4 is 0 Å². The predicted octanol–water partition coefficient (Wildman–Crippen LogP) is 0.516. The lowest BCUT2D eigenvalue weighted by atomic mass is 10.0. The highest BCUT2D eigenvalue weighted by atomic mass is 16.5. The van der Waals surface area contributed by atoms with Crippen LogP contribution in [-0.4, -0.2) is 18.1 Å². The van der Waals surface area contributed by atoms with Gasteiger partial charge in [-0.2, -0.15) is 0 Å². The van der Waals surface area contributed by atoms with Crippen molar-refractivity contribution in [1.29, 1.82) is 0 Å². The van der Waals surface area contributed by atoms with E-state index in [2.05, 4.69) is 4.98 Å². The van der Waals surface area contributed by atoms with Crippen LogP contribution >= 0.6 is 0 Å². The molecule has 2 heterocycles. The van der Waals surface area contributed by atoms with Crippen LogP contribution in [0.5, 0.6) is 5.75 Å². The van der Waals surface area contributed by atoms with E-state index in [0.717, 1.165) is 5.75 Å². The maximum absolute atomic E-state index is 5.55. The van der Waals surface area contributed by atoms with E-state index in [1.807, 2.05) is 6.07 Å². The highest BCUT2D eigenvalue weighted by Crippen LogP contribution is 2.31. The van der Waals surface area contributed by atoms with Crippen molar-refractivity contribution in [3.05, 3.63) is 24.0 Å². The summed E-state index contributed by atoms with van der Waals surface area (Å²) in [5.41, 5.74) is 6.74. The number of nitrogens with zero attached hydrogens (tertiary/aromatic N) is 1. The van der Waals surface area contributed by atoms with E-state index >= 15 is 0 Å². The Bertz CT molecular complexity index is 262. The van der Waals surface area contributed by atoms with Crippen molar-refractivity contribution in [3.63, 3.8) is 0 Å². The van der Waals surface area contributed by atoms with Crippen LogP contribution in [0.15, 0.2) is 18.5 Å². The van der Waals surface area contributed by atoms with Crippen LogP contribution in [0.1, 0.15) is 11.5 Å². The summed E-state index contributed by atoms with van der Waals surface area (Å²) in [6.45, 7) is 1.36. The first kappa shape index (κ1) is 6.61. The molecule has 2 rings (SSSR count). The fourth-order valence-electron chi connectivity index (χ4n) is 1.32.